The Morgan fingerprint density at radius 3 is 3.07 bits per heavy atom. The third-order valence-electron chi connectivity index (χ3n) is 1.85. The number of hydrogen-bond donors (Lipinski definition) is 1. The minimum atomic E-state index is -0.0497. The first kappa shape index (κ1) is 10.1. The normalized spacial score (nSPS) is 11.1. The van der Waals surface area contributed by atoms with E-state index >= 15 is 0 Å². The van der Waals surface area contributed by atoms with Gasteiger partial charge in [-0.15, -0.1) is 6.42 Å². The van der Waals surface area contributed by atoms with Crippen molar-refractivity contribution < 1.29 is 0 Å². The largest absolute Gasteiger partial charge is 0.369 e. The molecule has 1 N–H and O–H groups in total. The van der Waals surface area contributed by atoms with Gasteiger partial charge in [-0.3, -0.25) is 0 Å². The van der Waals surface area contributed by atoms with Crippen molar-refractivity contribution in [2.45, 2.75) is 19.4 Å². The number of terminal acetylenes is 1. The van der Waals surface area contributed by atoms with Crippen molar-refractivity contribution in [1.82, 2.24) is 4.98 Å². The Morgan fingerprint density at radius 1 is 1.71 bits per heavy atom. The first-order valence-corrected chi connectivity index (χ1v) is 4.39. The molecule has 3 nitrogen and oxygen atoms in total. The van der Waals surface area contributed by atoms with Crippen LogP contribution in [0.1, 0.15) is 19.0 Å². The van der Waals surface area contributed by atoms with E-state index in [0.717, 1.165) is 6.42 Å². The van der Waals surface area contributed by atoms with Crippen LogP contribution in [-0.4, -0.2) is 11.0 Å². The van der Waals surface area contributed by atoms with Gasteiger partial charge in [0.1, 0.15) is 6.07 Å². The summed E-state index contributed by atoms with van der Waals surface area (Å²) in [6, 6.07) is 5.52. The number of anilines is 1. The molecule has 1 rings (SSSR count). The Morgan fingerprint density at radius 2 is 2.50 bits per heavy atom. The maximum Gasteiger partial charge on any atom is 0.163 e. The molecule has 14 heavy (non-hydrogen) atoms. The topological polar surface area (TPSA) is 48.7 Å². The average Bonchev–Trinajstić information content (AvgIpc) is 2.26. The van der Waals surface area contributed by atoms with Crippen LogP contribution in [0.3, 0.4) is 0 Å². The van der Waals surface area contributed by atoms with E-state index in [0.29, 0.717) is 11.4 Å². The van der Waals surface area contributed by atoms with Crippen molar-refractivity contribution in [3.8, 4) is 18.4 Å². The molecule has 1 heterocycles. The molecule has 1 aromatic rings. The van der Waals surface area contributed by atoms with E-state index < -0.39 is 0 Å². The number of aromatic nitrogens is 1. The van der Waals surface area contributed by atoms with Gasteiger partial charge in [-0.1, -0.05) is 12.8 Å². The number of nitrogens with one attached hydrogen (secondary N) is 1. The fourth-order valence-electron chi connectivity index (χ4n) is 1.06. The Bertz CT molecular complexity index is 384. The third kappa shape index (κ3) is 2.24. The van der Waals surface area contributed by atoms with Gasteiger partial charge in [0.2, 0.25) is 0 Å². The number of hydrogen-bond acceptors (Lipinski definition) is 3. The number of rotatable bonds is 3. The Hall–Kier alpha value is -2.00. The molecular formula is C11H11N3. The molecule has 0 spiro atoms. The zero-order valence-corrected chi connectivity index (χ0v) is 7.99. The number of pyridine rings is 1. The molecule has 0 aliphatic rings. The molecule has 0 aromatic carbocycles. The van der Waals surface area contributed by atoms with Gasteiger partial charge in [0, 0.05) is 6.20 Å². The van der Waals surface area contributed by atoms with Crippen molar-refractivity contribution in [2.75, 3.05) is 5.32 Å². The first-order valence-electron chi connectivity index (χ1n) is 4.39. The summed E-state index contributed by atoms with van der Waals surface area (Å²) >= 11 is 0. The van der Waals surface area contributed by atoms with Crippen molar-refractivity contribution >= 4 is 5.69 Å². The fraction of sp³-hybridized carbons (Fsp3) is 0.273. The van der Waals surface area contributed by atoms with Crippen LogP contribution >= 0.6 is 0 Å². The summed E-state index contributed by atoms with van der Waals surface area (Å²) in [6.45, 7) is 1.99. The molecule has 0 aliphatic heterocycles. The third-order valence-corrected chi connectivity index (χ3v) is 1.85. The Kier molecular flexibility index (Phi) is 3.52. The van der Waals surface area contributed by atoms with Crippen LogP contribution in [0, 0.1) is 23.7 Å². The van der Waals surface area contributed by atoms with Crippen LogP contribution < -0.4 is 5.32 Å². The van der Waals surface area contributed by atoms with Crippen molar-refractivity contribution in [1.29, 1.82) is 5.26 Å². The van der Waals surface area contributed by atoms with Crippen LogP contribution in [0.15, 0.2) is 18.3 Å². The van der Waals surface area contributed by atoms with Gasteiger partial charge >= 0.3 is 0 Å². The molecule has 0 saturated heterocycles. The molecule has 0 saturated carbocycles. The van der Waals surface area contributed by atoms with Gasteiger partial charge in [0.15, 0.2) is 5.69 Å². The lowest BCUT2D eigenvalue weighted by molar-refractivity contribution is 0.856. The highest BCUT2D eigenvalue weighted by Crippen LogP contribution is 2.12. The standard InChI is InChI=1S/C11H11N3/c1-3-9(4-2)14-10-6-5-7-13-11(10)8-12/h1,5-7,9,14H,4H2,2H3. The summed E-state index contributed by atoms with van der Waals surface area (Å²) in [4.78, 5) is 3.93. The monoisotopic (exact) mass is 185 g/mol. The van der Waals surface area contributed by atoms with Crippen LogP contribution in [0.4, 0.5) is 5.69 Å². The van der Waals surface area contributed by atoms with Gasteiger partial charge in [0.05, 0.1) is 11.7 Å². The van der Waals surface area contributed by atoms with Gasteiger partial charge in [0.25, 0.3) is 0 Å². The van der Waals surface area contributed by atoms with Crippen LogP contribution in [0.2, 0.25) is 0 Å². The SMILES string of the molecule is C#CC(CC)Nc1cccnc1C#N. The molecule has 0 amide bonds. The number of nitriles is 1. The highest BCUT2D eigenvalue weighted by Gasteiger charge is 2.05. The Balaban J connectivity index is 2.87. The smallest absolute Gasteiger partial charge is 0.163 e. The predicted molar refractivity (Wildman–Crippen MR) is 55.5 cm³/mol. The van der Waals surface area contributed by atoms with Crippen molar-refractivity contribution in [2.24, 2.45) is 0 Å². The van der Waals surface area contributed by atoms with E-state index in [4.69, 9.17) is 11.7 Å². The summed E-state index contributed by atoms with van der Waals surface area (Å²) in [5.74, 6) is 2.60. The van der Waals surface area contributed by atoms with Crippen molar-refractivity contribution in [3.63, 3.8) is 0 Å². The zero-order chi connectivity index (χ0) is 10.4. The van der Waals surface area contributed by atoms with Gasteiger partial charge < -0.3 is 5.32 Å². The lowest BCUT2D eigenvalue weighted by Crippen LogP contribution is -2.16. The first-order chi connectivity index (χ1) is 6.81. The van der Waals surface area contributed by atoms with E-state index in [9.17, 15) is 0 Å². The second-order valence-corrected chi connectivity index (χ2v) is 2.78. The van der Waals surface area contributed by atoms with E-state index in [2.05, 4.69) is 16.2 Å². The molecule has 1 aromatic heterocycles. The molecule has 3 heteroatoms. The molecule has 0 aliphatic carbocycles. The second kappa shape index (κ2) is 4.89. The minimum Gasteiger partial charge on any atom is -0.369 e. The lowest BCUT2D eigenvalue weighted by atomic mass is 10.2. The molecule has 1 unspecified atom stereocenters. The van der Waals surface area contributed by atoms with Gasteiger partial charge in [-0.25, -0.2) is 4.98 Å². The average molecular weight is 185 g/mol. The predicted octanol–water partition coefficient (Wildman–Crippen LogP) is 1.78. The molecule has 0 bridgehead atoms. The van der Waals surface area contributed by atoms with Crippen LogP contribution in [0.25, 0.3) is 0 Å². The maximum absolute atomic E-state index is 8.77. The maximum atomic E-state index is 8.77. The van der Waals surface area contributed by atoms with Crippen LogP contribution in [0.5, 0.6) is 0 Å². The Labute approximate surface area is 83.8 Å². The van der Waals surface area contributed by atoms with Crippen molar-refractivity contribution in [3.05, 3.63) is 24.0 Å². The van der Waals surface area contributed by atoms with Gasteiger partial charge in [-0.2, -0.15) is 5.26 Å². The number of nitrogens with zero attached hydrogens (tertiary/aromatic N) is 2. The second-order valence-electron chi connectivity index (χ2n) is 2.78. The summed E-state index contributed by atoms with van der Waals surface area (Å²) in [5, 5.41) is 11.8. The van der Waals surface area contributed by atoms with E-state index in [1.54, 1.807) is 18.3 Å². The lowest BCUT2D eigenvalue weighted by Gasteiger charge is -2.12. The quantitative estimate of drug-likeness (QED) is 0.730. The molecule has 1 atom stereocenters. The molecule has 70 valence electrons. The summed E-state index contributed by atoms with van der Waals surface area (Å²) in [7, 11) is 0. The zero-order valence-electron chi connectivity index (χ0n) is 7.99. The van der Waals surface area contributed by atoms with E-state index in [1.165, 1.54) is 0 Å². The molecule has 0 fully saturated rings. The minimum absolute atomic E-state index is 0.0497. The highest BCUT2D eigenvalue weighted by molar-refractivity contribution is 5.54. The fourth-order valence-corrected chi connectivity index (χ4v) is 1.06. The van der Waals surface area contributed by atoms with E-state index in [1.807, 2.05) is 13.0 Å². The molecule has 0 radical (unpaired) electrons. The van der Waals surface area contributed by atoms with Crippen LogP contribution in [-0.2, 0) is 0 Å². The van der Waals surface area contributed by atoms with E-state index in [-0.39, 0.29) is 6.04 Å². The summed E-state index contributed by atoms with van der Waals surface area (Å²) in [5.41, 5.74) is 1.07. The summed E-state index contributed by atoms with van der Waals surface area (Å²) < 4.78 is 0. The highest BCUT2D eigenvalue weighted by atomic mass is 14.9. The summed E-state index contributed by atoms with van der Waals surface area (Å²) in [6.07, 6.45) is 7.71. The van der Waals surface area contributed by atoms with Gasteiger partial charge in [-0.05, 0) is 18.6 Å². The molecular weight excluding hydrogens is 174 g/mol.